The van der Waals surface area contributed by atoms with Gasteiger partial charge in [-0.3, -0.25) is 4.98 Å². The molecule has 0 atom stereocenters. The first-order valence-corrected chi connectivity index (χ1v) is 6.62. The minimum absolute atomic E-state index is 0.331. The van der Waals surface area contributed by atoms with Crippen molar-refractivity contribution in [1.29, 1.82) is 0 Å². The molecular weight excluding hydrogens is 282 g/mol. The van der Waals surface area contributed by atoms with Crippen molar-refractivity contribution in [3.8, 4) is 17.3 Å². The molecule has 4 rings (SSSR count). The molecule has 0 aliphatic rings. The first kappa shape index (κ1) is 12.5. The summed E-state index contributed by atoms with van der Waals surface area (Å²) in [5.41, 5.74) is 2.65. The van der Waals surface area contributed by atoms with Crippen LogP contribution in [0.15, 0.2) is 30.6 Å². The van der Waals surface area contributed by atoms with Gasteiger partial charge in [-0.2, -0.15) is 10.1 Å². The zero-order chi connectivity index (χ0) is 15.1. The lowest BCUT2D eigenvalue weighted by Crippen LogP contribution is -2.10. The number of hydrogen-bond acceptors (Lipinski definition) is 7. The Morgan fingerprint density at radius 3 is 2.50 bits per heavy atom. The Bertz CT molecular complexity index is 954. The van der Waals surface area contributed by atoms with E-state index in [1.165, 1.54) is 4.63 Å². The van der Waals surface area contributed by atoms with Gasteiger partial charge in [0.25, 0.3) is 11.7 Å². The largest absolute Gasteiger partial charge is 0.290 e. The highest BCUT2D eigenvalue weighted by Crippen LogP contribution is 2.13. The molecule has 4 aromatic heterocycles. The van der Waals surface area contributed by atoms with E-state index < -0.39 is 0 Å². The van der Waals surface area contributed by atoms with Gasteiger partial charge in [-0.25, -0.2) is 4.68 Å². The maximum atomic E-state index is 4.33. The Morgan fingerprint density at radius 2 is 1.77 bits per heavy atom. The molecule has 0 unspecified atom stereocenters. The molecule has 0 N–H and O–H groups in total. The van der Waals surface area contributed by atoms with E-state index in [0.717, 1.165) is 17.0 Å². The van der Waals surface area contributed by atoms with Gasteiger partial charge in [0.15, 0.2) is 5.82 Å². The van der Waals surface area contributed by atoms with Crippen LogP contribution in [0.25, 0.3) is 23.1 Å². The number of rotatable bonds is 2. The average molecular weight is 293 g/mol. The first-order valence-electron chi connectivity index (χ1n) is 6.62. The third kappa shape index (κ3) is 1.99. The van der Waals surface area contributed by atoms with Crippen molar-refractivity contribution in [2.45, 2.75) is 13.8 Å². The number of fused-ring (bicyclic) bond motifs is 1. The summed E-state index contributed by atoms with van der Waals surface area (Å²) in [7, 11) is 0. The van der Waals surface area contributed by atoms with Crippen LogP contribution in [0.5, 0.6) is 0 Å². The maximum Gasteiger partial charge on any atom is 0.290 e. The molecule has 0 radical (unpaired) electrons. The van der Waals surface area contributed by atoms with Crippen molar-refractivity contribution < 1.29 is 0 Å². The second-order valence-electron chi connectivity index (χ2n) is 4.80. The number of aryl methyl sites for hydroxylation is 2. The Kier molecular flexibility index (Phi) is 2.65. The van der Waals surface area contributed by atoms with Gasteiger partial charge in [0, 0.05) is 23.7 Å². The van der Waals surface area contributed by atoms with E-state index in [4.69, 9.17) is 0 Å². The topological polar surface area (TPSA) is 99.6 Å². The minimum atomic E-state index is 0.331. The first-order chi connectivity index (χ1) is 10.7. The fourth-order valence-corrected chi connectivity index (χ4v) is 2.16. The number of hydrogen-bond donors (Lipinski definition) is 0. The Morgan fingerprint density at radius 1 is 0.955 bits per heavy atom. The fourth-order valence-electron chi connectivity index (χ4n) is 2.16. The summed E-state index contributed by atoms with van der Waals surface area (Å²) in [6.07, 6.45) is 3.36. The second kappa shape index (κ2) is 4.65. The van der Waals surface area contributed by atoms with Crippen molar-refractivity contribution in [2.75, 3.05) is 0 Å². The molecule has 0 aliphatic carbocycles. The van der Waals surface area contributed by atoms with Crippen LogP contribution in [0.4, 0.5) is 0 Å². The van der Waals surface area contributed by atoms with E-state index in [2.05, 4.69) is 35.5 Å². The van der Waals surface area contributed by atoms with Crippen LogP contribution >= 0.6 is 0 Å². The fraction of sp³-hybridized carbons (Fsp3) is 0.154. The molecule has 4 aromatic rings. The van der Waals surface area contributed by atoms with Crippen LogP contribution in [0, 0.1) is 13.8 Å². The van der Waals surface area contributed by atoms with Crippen LogP contribution in [-0.4, -0.2) is 44.8 Å². The van der Waals surface area contributed by atoms with Crippen molar-refractivity contribution in [3.63, 3.8) is 0 Å². The van der Waals surface area contributed by atoms with Crippen LogP contribution in [0.2, 0.25) is 0 Å². The normalized spacial score (nSPS) is 11.2. The average Bonchev–Trinajstić information content (AvgIpc) is 3.10. The monoisotopic (exact) mass is 293 g/mol. The van der Waals surface area contributed by atoms with Gasteiger partial charge in [0.05, 0.1) is 5.69 Å². The summed E-state index contributed by atoms with van der Waals surface area (Å²) in [4.78, 5) is 8.28. The zero-order valence-electron chi connectivity index (χ0n) is 11.9. The lowest BCUT2D eigenvalue weighted by molar-refractivity contribution is 0.666. The summed E-state index contributed by atoms with van der Waals surface area (Å²) in [5, 5.41) is 21.1. The minimum Gasteiger partial charge on any atom is -0.265 e. The van der Waals surface area contributed by atoms with E-state index in [9.17, 15) is 0 Å². The lowest BCUT2D eigenvalue weighted by atomic mass is 10.3. The van der Waals surface area contributed by atoms with Gasteiger partial charge in [-0.05, 0) is 32.0 Å². The third-order valence-electron chi connectivity index (χ3n) is 3.12. The molecule has 0 fully saturated rings. The summed E-state index contributed by atoms with van der Waals surface area (Å²) >= 11 is 0. The van der Waals surface area contributed by atoms with Gasteiger partial charge in [-0.1, -0.05) is 0 Å². The van der Waals surface area contributed by atoms with Crippen molar-refractivity contribution in [1.82, 2.24) is 44.8 Å². The van der Waals surface area contributed by atoms with Crippen LogP contribution in [0.1, 0.15) is 11.4 Å². The molecule has 0 saturated carbocycles. The predicted octanol–water partition coefficient (Wildman–Crippen LogP) is 0.779. The molecule has 9 nitrogen and oxygen atoms in total. The summed E-state index contributed by atoms with van der Waals surface area (Å²) in [6.45, 7) is 3.84. The van der Waals surface area contributed by atoms with E-state index in [-0.39, 0.29) is 0 Å². The summed E-state index contributed by atoms with van der Waals surface area (Å²) < 4.78 is 2.98. The Labute approximate surface area is 124 Å². The molecular formula is C13H11N9. The highest BCUT2D eigenvalue weighted by Gasteiger charge is 2.12. The number of pyridine rings is 1. The molecule has 4 heterocycles. The second-order valence-corrected chi connectivity index (χ2v) is 4.80. The summed E-state index contributed by atoms with van der Waals surface area (Å²) in [6, 6.07) is 5.59. The highest BCUT2D eigenvalue weighted by atomic mass is 15.6. The molecule has 0 saturated heterocycles. The van der Waals surface area contributed by atoms with Gasteiger partial charge >= 0.3 is 0 Å². The zero-order valence-corrected chi connectivity index (χ0v) is 11.9. The molecule has 108 valence electrons. The molecule has 9 heteroatoms. The van der Waals surface area contributed by atoms with Crippen molar-refractivity contribution >= 4 is 5.78 Å². The van der Waals surface area contributed by atoms with Gasteiger partial charge < -0.3 is 0 Å². The van der Waals surface area contributed by atoms with Crippen LogP contribution in [-0.2, 0) is 0 Å². The molecule has 0 amide bonds. The molecule has 0 aliphatic heterocycles. The van der Waals surface area contributed by atoms with Gasteiger partial charge in [-0.15, -0.1) is 25.0 Å². The van der Waals surface area contributed by atoms with Crippen LogP contribution in [0.3, 0.4) is 0 Å². The molecule has 22 heavy (non-hydrogen) atoms. The molecule has 0 bridgehead atoms. The smallest absolute Gasteiger partial charge is 0.265 e. The van der Waals surface area contributed by atoms with E-state index in [0.29, 0.717) is 17.6 Å². The van der Waals surface area contributed by atoms with E-state index in [1.54, 1.807) is 17.1 Å². The standard InChI is InChI=1S/C13H11N9/c1-8-7-9(2)21(18-8)13-17-16-12-15-11(19-22(12)20-13)10-3-5-14-6-4-10/h3-7H,1-2H3. The molecule has 0 spiro atoms. The van der Waals surface area contributed by atoms with E-state index >= 15 is 0 Å². The highest BCUT2D eigenvalue weighted by molar-refractivity contribution is 5.55. The summed E-state index contributed by atoms with van der Waals surface area (Å²) in [5.74, 6) is 1.20. The molecule has 0 aromatic carbocycles. The van der Waals surface area contributed by atoms with Gasteiger partial charge in [0.2, 0.25) is 0 Å². The maximum absolute atomic E-state index is 4.33. The Hall–Kier alpha value is -3.23. The van der Waals surface area contributed by atoms with Crippen molar-refractivity contribution in [2.24, 2.45) is 0 Å². The van der Waals surface area contributed by atoms with Crippen LogP contribution < -0.4 is 0 Å². The lowest BCUT2D eigenvalue weighted by Gasteiger charge is -1.99. The predicted molar refractivity (Wildman–Crippen MR) is 76.2 cm³/mol. The number of nitrogens with zero attached hydrogens (tertiary/aromatic N) is 9. The van der Waals surface area contributed by atoms with Gasteiger partial charge in [0.1, 0.15) is 0 Å². The SMILES string of the molecule is Cc1cc(C)n(-c2nnc3nc(-c4ccncc4)nn3n2)n1. The van der Waals surface area contributed by atoms with E-state index in [1.807, 2.05) is 32.0 Å². The number of aromatic nitrogens is 9. The third-order valence-corrected chi connectivity index (χ3v) is 3.12. The Balaban J connectivity index is 1.83. The van der Waals surface area contributed by atoms with Crippen molar-refractivity contribution in [3.05, 3.63) is 42.0 Å². The quantitative estimate of drug-likeness (QED) is 0.538.